The number of hydrogen-bond donors (Lipinski definition) is 0. The lowest BCUT2D eigenvalue weighted by Gasteiger charge is -2.40. The molecule has 1 saturated heterocycles. The van der Waals surface area contributed by atoms with Crippen LogP contribution in [0.15, 0.2) is 54.9 Å². The Morgan fingerprint density at radius 1 is 1.12 bits per heavy atom. The zero-order chi connectivity index (χ0) is 22.4. The minimum Gasteiger partial charge on any atom is -0.369 e. The summed E-state index contributed by atoms with van der Waals surface area (Å²) in [4.78, 5) is 8.93. The van der Waals surface area contributed by atoms with E-state index in [2.05, 4.69) is 46.3 Å². The molecule has 0 radical (unpaired) electrons. The summed E-state index contributed by atoms with van der Waals surface area (Å²) in [6.45, 7) is 5.98. The van der Waals surface area contributed by atoms with E-state index in [9.17, 15) is 4.39 Å². The highest BCUT2D eigenvalue weighted by Crippen LogP contribution is 2.38. The van der Waals surface area contributed by atoms with E-state index in [-0.39, 0.29) is 28.3 Å². The van der Waals surface area contributed by atoms with Crippen LogP contribution in [0.4, 0.5) is 4.39 Å². The second-order valence-electron chi connectivity index (χ2n) is 8.57. The smallest absolute Gasteiger partial charge is 0.143 e. The van der Waals surface area contributed by atoms with Crippen molar-refractivity contribution in [1.82, 2.24) is 19.4 Å². The summed E-state index contributed by atoms with van der Waals surface area (Å²) >= 11 is 11.9. The molecule has 5 nitrogen and oxygen atoms in total. The fourth-order valence-corrected chi connectivity index (χ4v) is 4.91. The molecule has 0 unspecified atom stereocenters. The molecule has 8 heteroatoms. The number of ether oxygens (including phenoxy) is 1. The number of aryl methyl sites for hydroxylation is 1. The largest absolute Gasteiger partial charge is 0.369 e. The molecule has 5 rings (SSSR count). The lowest BCUT2D eigenvalue weighted by Crippen LogP contribution is -2.45. The molecule has 0 N–H and O–H groups in total. The highest BCUT2D eigenvalue weighted by Gasteiger charge is 2.34. The van der Waals surface area contributed by atoms with Gasteiger partial charge in [-0.3, -0.25) is 0 Å². The summed E-state index contributed by atoms with van der Waals surface area (Å²) in [5, 5.41) is 0.189. The number of nitrogens with zero attached hydrogens (tertiary/aromatic N) is 4. The number of aromatic nitrogens is 2. The molecule has 0 amide bonds. The zero-order valence-corrected chi connectivity index (χ0v) is 19.5. The second kappa shape index (κ2) is 8.58. The Bertz CT molecular complexity index is 1100. The van der Waals surface area contributed by atoms with Gasteiger partial charge in [0.05, 0.1) is 51.7 Å². The maximum absolute atomic E-state index is 14.0. The SMILES string of the molecule is Cc1cn(C2=CN3CCN([C@@H](C)[C@@H]4CC[C@H](c5cc(F)c(Cl)c(Cl)c5)O4)C=C3C=C2)cn1. The van der Waals surface area contributed by atoms with Crippen LogP contribution in [-0.2, 0) is 4.74 Å². The van der Waals surface area contributed by atoms with Gasteiger partial charge in [0.2, 0.25) is 0 Å². The summed E-state index contributed by atoms with van der Waals surface area (Å²) in [5.41, 5.74) is 4.00. The number of allylic oxidation sites excluding steroid dienone is 3. The van der Waals surface area contributed by atoms with Crippen molar-refractivity contribution in [2.75, 3.05) is 13.1 Å². The van der Waals surface area contributed by atoms with Crippen LogP contribution < -0.4 is 0 Å². The highest BCUT2D eigenvalue weighted by atomic mass is 35.5. The van der Waals surface area contributed by atoms with Crippen LogP contribution >= 0.6 is 23.2 Å². The van der Waals surface area contributed by atoms with Gasteiger partial charge in [-0.2, -0.15) is 0 Å². The molecule has 3 atom stereocenters. The van der Waals surface area contributed by atoms with Crippen molar-refractivity contribution in [2.45, 2.75) is 44.9 Å². The van der Waals surface area contributed by atoms with Crippen LogP contribution in [0.5, 0.6) is 0 Å². The maximum Gasteiger partial charge on any atom is 0.143 e. The van der Waals surface area contributed by atoms with E-state index in [1.165, 1.54) is 6.07 Å². The van der Waals surface area contributed by atoms with E-state index in [0.717, 1.165) is 48.6 Å². The molecule has 2 aromatic rings. The van der Waals surface area contributed by atoms with Crippen molar-refractivity contribution >= 4 is 28.9 Å². The number of hydrogen-bond acceptors (Lipinski definition) is 4. The normalized spacial score (nSPS) is 23.8. The number of rotatable bonds is 4. The molecule has 3 aliphatic heterocycles. The van der Waals surface area contributed by atoms with E-state index in [0.29, 0.717) is 0 Å². The van der Waals surface area contributed by atoms with Crippen LogP contribution in [0.3, 0.4) is 0 Å². The van der Waals surface area contributed by atoms with Gasteiger partial charge < -0.3 is 19.1 Å². The molecule has 4 heterocycles. The van der Waals surface area contributed by atoms with Crippen LogP contribution in [0, 0.1) is 12.7 Å². The molecule has 0 saturated carbocycles. The first-order valence-electron chi connectivity index (χ1n) is 10.8. The van der Waals surface area contributed by atoms with Gasteiger partial charge in [-0.05, 0) is 56.5 Å². The molecule has 1 aromatic heterocycles. The van der Waals surface area contributed by atoms with Crippen molar-refractivity contribution in [3.8, 4) is 0 Å². The molecular formula is C24H25Cl2FN4O. The van der Waals surface area contributed by atoms with E-state index in [1.807, 2.05) is 24.0 Å². The highest BCUT2D eigenvalue weighted by molar-refractivity contribution is 6.42. The lowest BCUT2D eigenvalue weighted by atomic mass is 10.0. The summed E-state index contributed by atoms with van der Waals surface area (Å²) < 4.78 is 22.4. The Morgan fingerprint density at radius 3 is 2.69 bits per heavy atom. The van der Waals surface area contributed by atoms with Gasteiger partial charge in [-0.1, -0.05) is 23.2 Å². The molecule has 0 bridgehead atoms. The average molecular weight is 475 g/mol. The van der Waals surface area contributed by atoms with Crippen LogP contribution in [0.2, 0.25) is 10.0 Å². The Morgan fingerprint density at radius 2 is 1.94 bits per heavy atom. The van der Waals surface area contributed by atoms with Crippen LogP contribution in [0.1, 0.15) is 37.1 Å². The number of imidazole rings is 1. The molecule has 0 aliphatic carbocycles. The van der Waals surface area contributed by atoms with Gasteiger partial charge in [0.1, 0.15) is 5.82 Å². The average Bonchev–Trinajstić information content (AvgIpc) is 3.45. The third kappa shape index (κ3) is 4.07. The van der Waals surface area contributed by atoms with Gasteiger partial charge in [-0.25, -0.2) is 9.37 Å². The standard InChI is InChI=1S/C24H25Cl2FN4O/c1-15-11-31(14-28-15)19-4-3-18-12-29(7-8-30(18)13-19)16(2)22-5-6-23(32-22)17-9-20(25)24(26)21(27)10-17/h3-4,9-14,16,22-23H,5-8H2,1-2H3/t16-,22-,23+/m0/s1. The van der Waals surface area contributed by atoms with Crippen LogP contribution in [-0.4, -0.2) is 44.6 Å². The number of fused-ring (bicyclic) bond motifs is 1. The predicted molar refractivity (Wildman–Crippen MR) is 125 cm³/mol. The van der Waals surface area contributed by atoms with Crippen molar-refractivity contribution < 1.29 is 9.13 Å². The maximum atomic E-state index is 14.0. The first-order chi connectivity index (χ1) is 15.4. The first kappa shape index (κ1) is 21.6. The van der Waals surface area contributed by atoms with Crippen molar-refractivity contribution in [3.05, 3.63) is 82.0 Å². The minimum atomic E-state index is -0.502. The zero-order valence-electron chi connectivity index (χ0n) is 18.0. The lowest BCUT2D eigenvalue weighted by molar-refractivity contribution is -0.000324. The fraction of sp³-hybridized carbons (Fsp3) is 0.375. The quantitative estimate of drug-likeness (QED) is 0.526. The predicted octanol–water partition coefficient (Wildman–Crippen LogP) is 5.77. The van der Waals surface area contributed by atoms with Crippen molar-refractivity contribution in [3.63, 3.8) is 0 Å². The van der Waals surface area contributed by atoms with E-state index >= 15 is 0 Å². The van der Waals surface area contributed by atoms with Gasteiger partial charge >= 0.3 is 0 Å². The molecular weight excluding hydrogens is 450 g/mol. The van der Waals surface area contributed by atoms with Crippen LogP contribution in [0.25, 0.3) is 5.70 Å². The van der Waals surface area contributed by atoms with Gasteiger partial charge in [0.25, 0.3) is 0 Å². The van der Waals surface area contributed by atoms with E-state index in [4.69, 9.17) is 27.9 Å². The van der Waals surface area contributed by atoms with Crippen molar-refractivity contribution in [1.29, 1.82) is 0 Å². The Hall–Kier alpha value is -2.28. The second-order valence-corrected chi connectivity index (χ2v) is 9.36. The third-order valence-electron chi connectivity index (χ3n) is 6.44. The molecule has 3 aliphatic rings. The summed E-state index contributed by atoms with van der Waals surface area (Å²) in [5.74, 6) is -0.502. The third-order valence-corrected chi connectivity index (χ3v) is 7.22. The first-order valence-corrected chi connectivity index (χ1v) is 11.6. The molecule has 32 heavy (non-hydrogen) atoms. The summed E-state index contributed by atoms with van der Waals surface area (Å²) in [6, 6.07) is 3.35. The summed E-state index contributed by atoms with van der Waals surface area (Å²) in [7, 11) is 0. The van der Waals surface area contributed by atoms with Gasteiger partial charge in [-0.15, -0.1) is 0 Å². The molecule has 1 aromatic carbocycles. The summed E-state index contributed by atoms with van der Waals surface area (Å²) in [6.07, 6.45) is 14.1. The Kier molecular flexibility index (Phi) is 5.78. The van der Waals surface area contributed by atoms with Crippen molar-refractivity contribution in [2.24, 2.45) is 0 Å². The van der Waals surface area contributed by atoms with Gasteiger partial charge in [0, 0.05) is 31.7 Å². The number of benzene rings is 1. The van der Waals surface area contributed by atoms with Gasteiger partial charge in [0.15, 0.2) is 0 Å². The molecule has 0 spiro atoms. The number of halogens is 3. The monoisotopic (exact) mass is 474 g/mol. The van der Waals surface area contributed by atoms with E-state index < -0.39 is 5.82 Å². The Labute approximate surface area is 197 Å². The topological polar surface area (TPSA) is 33.5 Å². The Balaban J connectivity index is 1.26. The molecule has 168 valence electrons. The van der Waals surface area contributed by atoms with E-state index in [1.54, 1.807) is 6.07 Å². The fourth-order valence-electron chi connectivity index (χ4n) is 4.59. The minimum absolute atomic E-state index is 0.0382. The molecule has 1 fully saturated rings.